The average Bonchev–Trinajstić information content (AvgIpc) is 2.83. The first-order chi connectivity index (χ1) is 17.9. The number of ether oxygens (including phenoxy) is 1. The zero-order valence-corrected chi connectivity index (χ0v) is 22.7. The number of halogens is 1. The van der Waals surface area contributed by atoms with Crippen molar-refractivity contribution in [3.05, 3.63) is 36.7 Å². The number of aliphatic hydroxyl groups is 1. The molecule has 2 N–H and O–H groups in total. The van der Waals surface area contributed by atoms with Crippen LogP contribution in [0, 0.1) is 11.3 Å². The van der Waals surface area contributed by atoms with Crippen molar-refractivity contribution in [2.45, 2.75) is 26.1 Å². The maximum atomic E-state index is 14.5. The lowest BCUT2D eigenvalue weighted by Crippen LogP contribution is -2.55. The SMILES string of the molecule is COc1ccc(N2CC(CS(C)(=O)=O)C2)c2cnc(Nc3ccnc(N4C[C@H](F)[C@H](O)C(C)(C)C4)n3)cc12. The number of aliphatic hydroxyl groups excluding tert-OH is 1. The molecule has 5 rings (SSSR count). The van der Waals surface area contributed by atoms with Gasteiger partial charge in [0.25, 0.3) is 0 Å². The Morgan fingerprint density at radius 2 is 1.89 bits per heavy atom. The molecule has 2 aromatic heterocycles. The van der Waals surface area contributed by atoms with Crippen molar-refractivity contribution >= 4 is 43.9 Å². The third-order valence-electron chi connectivity index (χ3n) is 7.21. The smallest absolute Gasteiger partial charge is 0.227 e. The van der Waals surface area contributed by atoms with Crippen LogP contribution >= 0.6 is 0 Å². The highest BCUT2D eigenvalue weighted by Gasteiger charge is 2.42. The van der Waals surface area contributed by atoms with E-state index in [1.165, 1.54) is 6.26 Å². The Balaban J connectivity index is 1.37. The molecule has 38 heavy (non-hydrogen) atoms. The summed E-state index contributed by atoms with van der Waals surface area (Å²) in [6, 6.07) is 7.46. The van der Waals surface area contributed by atoms with Crippen LogP contribution in [0.3, 0.4) is 0 Å². The highest BCUT2D eigenvalue weighted by molar-refractivity contribution is 7.90. The Morgan fingerprint density at radius 3 is 2.58 bits per heavy atom. The van der Waals surface area contributed by atoms with Crippen molar-refractivity contribution in [3.63, 3.8) is 0 Å². The van der Waals surface area contributed by atoms with E-state index in [0.717, 1.165) is 16.5 Å². The molecular weight excluding hydrogens is 511 g/mol. The highest BCUT2D eigenvalue weighted by atomic mass is 32.2. The number of nitrogens with one attached hydrogen (secondary N) is 1. The normalized spacial score (nSPS) is 21.8. The number of methoxy groups -OCH3 is 1. The first-order valence-electron chi connectivity index (χ1n) is 12.5. The molecule has 1 aromatic carbocycles. The Kier molecular flexibility index (Phi) is 6.80. The van der Waals surface area contributed by atoms with Crippen molar-refractivity contribution in [1.29, 1.82) is 0 Å². The number of benzene rings is 1. The predicted octanol–water partition coefficient (Wildman–Crippen LogP) is 2.80. The molecule has 0 spiro atoms. The fraction of sp³-hybridized carbons (Fsp3) is 0.500. The topological polar surface area (TPSA) is 121 Å². The van der Waals surface area contributed by atoms with Crippen LogP contribution in [0.5, 0.6) is 5.75 Å². The fourth-order valence-corrected chi connectivity index (χ4v) is 6.39. The van der Waals surface area contributed by atoms with E-state index in [1.807, 2.05) is 32.0 Å². The van der Waals surface area contributed by atoms with E-state index in [-0.39, 0.29) is 18.2 Å². The van der Waals surface area contributed by atoms with Gasteiger partial charge in [0.05, 0.1) is 25.5 Å². The fourth-order valence-electron chi connectivity index (χ4n) is 5.32. The second-order valence-corrected chi connectivity index (χ2v) is 13.1. The molecule has 0 bridgehead atoms. The van der Waals surface area contributed by atoms with Crippen LogP contribution in [0.2, 0.25) is 0 Å². The van der Waals surface area contributed by atoms with E-state index >= 15 is 0 Å². The zero-order valence-electron chi connectivity index (χ0n) is 21.9. The van der Waals surface area contributed by atoms with Gasteiger partial charge in [-0.1, -0.05) is 13.8 Å². The molecule has 3 aromatic rings. The van der Waals surface area contributed by atoms with E-state index < -0.39 is 27.5 Å². The standard InChI is InChI=1S/C26H33FN6O4S/c1-26(2)15-33(13-19(27)24(26)34)25-28-8-7-22(31-25)30-23-9-17-18(10-29-23)20(5-6-21(17)37-3)32-11-16(12-32)14-38(4,35)36/h5-10,16,19,24,34H,11-15H2,1-4H3,(H,28,29,30,31)/t19-,24-/m0/s1. The number of hydrogen-bond donors (Lipinski definition) is 2. The molecule has 2 atom stereocenters. The summed E-state index contributed by atoms with van der Waals surface area (Å²) in [4.78, 5) is 17.4. The van der Waals surface area contributed by atoms with Crippen LogP contribution < -0.4 is 19.9 Å². The lowest BCUT2D eigenvalue weighted by Gasteiger charge is -2.43. The first-order valence-corrected chi connectivity index (χ1v) is 14.6. The Labute approximate surface area is 221 Å². The van der Waals surface area contributed by atoms with Gasteiger partial charge in [-0.3, -0.25) is 0 Å². The Morgan fingerprint density at radius 1 is 1.13 bits per heavy atom. The molecule has 204 valence electrons. The first kappa shape index (κ1) is 26.4. The maximum Gasteiger partial charge on any atom is 0.227 e. The van der Waals surface area contributed by atoms with Crippen molar-refractivity contribution in [2.75, 3.05) is 60.4 Å². The number of piperidine rings is 1. The van der Waals surface area contributed by atoms with E-state index in [2.05, 4.69) is 25.2 Å². The monoisotopic (exact) mass is 544 g/mol. The van der Waals surface area contributed by atoms with E-state index in [1.54, 1.807) is 30.5 Å². The lowest BCUT2D eigenvalue weighted by molar-refractivity contribution is -0.0257. The molecule has 2 saturated heterocycles. The molecule has 12 heteroatoms. The summed E-state index contributed by atoms with van der Waals surface area (Å²) in [6.07, 6.45) is 2.21. The van der Waals surface area contributed by atoms with Gasteiger partial charge in [0.15, 0.2) is 0 Å². The lowest BCUT2D eigenvalue weighted by atomic mass is 9.80. The van der Waals surface area contributed by atoms with Crippen LogP contribution in [0.25, 0.3) is 10.8 Å². The number of pyridine rings is 1. The molecule has 0 saturated carbocycles. The molecule has 0 radical (unpaired) electrons. The highest BCUT2D eigenvalue weighted by Crippen LogP contribution is 2.38. The summed E-state index contributed by atoms with van der Waals surface area (Å²) in [5.41, 5.74) is 0.337. The summed E-state index contributed by atoms with van der Waals surface area (Å²) in [6.45, 7) is 5.43. The van der Waals surface area contributed by atoms with Crippen molar-refractivity contribution in [3.8, 4) is 5.75 Å². The van der Waals surface area contributed by atoms with Crippen LogP contribution in [0.1, 0.15) is 13.8 Å². The summed E-state index contributed by atoms with van der Waals surface area (Å²) in [7, 11) is -1.40. The maximum absolute atomic E-state index is 14.5. The van der Waals surface area contributed by atoms with Crippen molar-refractivity contribution in [1.82, 2.24) is 15.0 Å². The summed E-state index contributed by atoms with van der Waals surface area (Å²) < 4.78 is 43.3. The Bertz CT molecular complexity index is 1450. The van der Waals surface area contributed by atoms with Crippen LogP contribution in [-0.4, -0.2) is 86.0 Å². The number of aromatic nitrogens is 3. The number of anilines is 4. The molecule has 0 aliphatic carbocycles. The van der Waals surface area contributed by atoms with Crippen LogP contribution in [0.4, 0.5) is 27.7 Å². The van der Waals surface area contributed by atoms with Crippen LogP contribution in [0.15, 0.2) is 36.7 Å². The minimum atomic E-state index is -3.01. The van der Waals surface area contributed by atoms with Crippen LogP contribution in [-0.2, 0) is 9.84 Å². The van der Waals surface area contributed by atoms with Gasteiger partial charge < -0.3 is 25.0 Å². The van der Waals surface area contributed by atoms with Gasteiger partial charge in [0, 0.05) is 66.1 Å². The molecule has 4 heterocycles. The van der Waals surface area contributed by atoms with Gasteiger partial charge >= 0.3 is 0 Å². The van der Waals surface area contributed by atoms with Crippen molar-refractivity contribution in [2.24, 2.45) is 11.3 Å². The second-order valence-electron chi connectivity index (χ2n) is 11.0. The van der Waals surface area contributed by atoms with Gasteiger partial charge in [-0.2, -0.15) is 4.98 Å². The van der Waals surface area contributed by atoms with Crippen molar-refractivity contribution < 1.29 is 22.7 Å². The number of sulfone groups is 1. The molecule has 2 aliphatic heterocycles. The van der Waals surface area contributed by atoms with Gasteiger partial charge in [-0.05, 0) is 24.3 Å². The quantitative estimate of drug-likeness (QED) is 0.459. The average molecular weight is 545 g/mol. The number of nitrogens with zero attached hydrogens (tertiary/aromatic N) is 5. The minimum Gasteiger partial charge on any atom is -0.496 e. The molecule has 2 fully saturated rings. The Hall–Kier alpha value is -3.25. The number of fused-ring (bicyclic) bond motifs is 1. The molecule has 0 amide bonds. The molecule has 0 unspecified atom stereocenters. The molecular formula is C26H33FN6O4S. The van der Waals surface area contributed by atoms with E-state index in [4.69, 9.17) is 4.74 Å². The number of alkyl halides is 1. The predicted molar refractivity (Wildman–Crippen MR) is 146 cm³/mol. The molecule has 10 nitrogen and oxygen atoms in total. The van der Waals surface area contributed by atoms with E-state index in [0.29, 0.717) is 43.0 Å². The summed E-state index contributed by atoms with van der Waals surface area (Å²) >= 11 is 0. The third-order valence-corrected chi connectivity index (χ3v) is 8.29. The van der Waals surface area contributed by atoms with Gasteiger partial charge in [-0.15, -0.1) is 0 Å². The summed E-state index contributed by atoms with van der Waals surface area (Å²) in [5, 5.41) is 15.1. The van der Waals surface area contributed by atoms with Gasteiger partial charge in [0.1, 0.15) is 33.4 Å². The van der Waals surface area contributed by atoms with E-state index in [9.17, 15) is 17.9 Å². The van der Waals surface area contributed by atoms with Gasteiger partial charge in [-0.25, -0.2) is 22.8 Å². The number of hydrogen-bond acceptors (Lipinski definition) is 10. The third kappa shape index (κ3) is 5.32. The second kappa shape index (κ2) is 9.81. The number of rotatable bonds is 7. The largest absolute Gasteiger partial charge is 0.496 e. The summed E-state index contributed by atoms with van der Waals surface area (Å²) in [5.74, 6) is 2.42. The minimum absolute atomic E-state index is 0.0177. The van der Waals surface area contributed by atoms with Gasteiger partial charge in [0.2, 0.25) is 5.95 Å². The molecule has 2 aliphatic rings. The zero-order chi connectivity index (χ0) is 27.2.